The molecule has 3 aliphatic heterocycles. The summed E-state index contributed by atoms with van der Waals surface area (Å²) in [5.74, 6) is -7.83. The van der Waals surface area contributed by atoms with Crippen molar-refractivity contribution in [2.24, 2.45) is 17.8 Å². The molecule has 9 rings (SSSR count). The van der Waals surface area contributed by atoms with Crippen LogP contribution >= 0.6 is 0 Å². The molecule has 0 spiro atoms. The van der Waals surface area contributed by atoms with Crippen LogP contribution in [0.1, 0.15) is 135 Å². The Labute approximate surface area is 553 Å². The smallest absolute Gasteiger partial charge is 0.338 e. The van der Waals surface area contributed by atoms with Crippen molar-refractivity contribution < 1.29 is 95.1 Å². The normalized spacial score (nSPS) is 25.5. The van der Waals surface area contributed by atoms with Gasteiger partial charge in [0.05, 0.1) is 46.1 Å². The Morgan fingerprint density at radius 2 is 0.663 bits per heavy atom. The van der Waals surface area contributed by atoms with Gasteiger partial charge >= 0.3 is 41.8 Å². The predicted molar refractivity (Wildman–Crippen MR) is 344 cm³/mol. The zero-order valence-electron chi connectivity index (χ0n) is 53.7. The van der Waals surface area contributed by atoms with Crippen LogP contribution in [0.3, 0.4) is 0 Å². The third kappa shape index (κ3) is 19.6. The zero-order valence-corrected chi connectivity index (χ0v) is 53.7. The molecule has 502 valence electrons. The molecule has 0 N–H and O–H groups in total. The highest BCUT2D eigenvalue weighted by atomic mass is 16.8. The Hall–Kier alpha value is -8.89. The molecule has 0 bridgehead atoms. The van der Waals surface area contributed by atoms with E-state index in [1.54, 1.807) is 203 Å². The number of benzene rings is 6. The molecule has 95 heavy (non-hydrogen) atoms. The summed E-state index contributed by atoms with van der Waals surface area (Å²) in [7, 11) is 0. The highest BCUT2D eigenvalue weighted by molar-refractivity contribution is 5.92. The second-order valence-corrected chi connectivity index (χ2v) is 23.7. The van der Waals surface area contributed by atoms with Crippen molar-refractivity contribution in [2.75, 3.05) is 26.4 Å². The van der Waals surface area contributed by atoms with Crippen LogP contribution in [0, 0.1) is 17.8 Å². The van der Waals surface area contributed by atoms with Crippen molar-refractivity contribution in [1.29, 1.82) is 0 Å². The summed E-state index contributed by atoms with van der Waals surface area (Å²) in [6.45, 7) is 9.13. The van der Waals surface area contributed by atoms with E-state index in [9.17, 15) is 33.6 Å². The van der Waals surface area contributed by atoms with Gasteiger partial charge in [-0.15, -0.1) is 6.58 Å². The molecule has 15 atom stereocenters. The van der Waals surface area contributed by atoms with Crippen molar-refractivity contribution in [1.82, 2.24) is 0 Å². The molecule has 3 heterocycles. The first-order valence-electron chi connectivity index (χ1n) is 32.3. The summed E-state index contributed by atoms with van der Waals surface area (Å²) in [4.78, 5) is 97.8. The first kappa shape index (κ1) is 70.4. The van der Waals surface area contributed by atoms with Gasteiger partial charge in [-0.3, -0.25) is 4.79 Å². The van der Waals surface area contributed by atoms with Crippen molar-refractivity contribution in [3.05, 3.63) is 228 Å². The first-order valence-corrected chi connectivity index (χ1v) is 32.3. The molecule has 20 nitrogen and oxygen atoms in total. The van der Waals surface area contributed by atoms with Crippen molar-refractivity contribution >= 4 is 41.8 Å². The number of unbranched alkanes of at least 4 members (excludes halogenated alkanes) is 6. The summed E-state index contributed by atoms with van der Waals surface area (Å²) < 4.78 is 84.2. The average Bonchev–Trinajstić information content (AvgIpc) is 0.793. The van der Waals surface area contributed by atoms with Crippen molar-refractivity contribution in [2.45, 2.75) is 146 Å². The molecule has 6 aromatic carbocycles. The summed E-state index contributed by atoms with van der Waals surface area (Å²) in [5, 5.41) is 0. The van der Waals surface area contributed by atoms with Crippen LogP contribution in [0.4, 0.5) is 0 Å². The molecule has 0 saturated carbocycles. The number of allylic oxidation sites excluding steroid dienone is 1. The SMILES string of the molecule is C=CCCCCCCCCOC1OC(COC2OC(COC(=O)c3ccccc3)C(C)C(OC(=O)c3ccccc3)C2OC(=O)c2ccccc2)C(C)C(OC2OC(COC(=O)c3ccccc3)C(C)C(OC(=O)c3ccccc3)C2OC(=O)c2ccccc2)C1OC(C)=O. The van der Waals surface area contributed by atoms with E-state index in [0.29, 0.717) is 6.42 Å². The second kappa shape index (κ2) is 35.6. The van der Waals surface area contributed by atoms with E-state index in [-0.39, 0.29) is 46.6 Å². The molecule has 0 radical (unpaired) electrons. The third-order valence-corrected chi connectivity index (χ3v) is 16.9. The van der Waals surface area contributed by atoms with Gasteiger partial charge < -0.3 is 61.6 Å². The molecule has 15 unspecified atom stereocenters. The predicted octanol–water partition coefficient (Wildman–Crippen LogP) is 12.0. The van der Waals surface area contributed by atoms with Gasteiger partial charge in [-0.1, -0.05) is 162 Å². The third-order valence-electron chi connectivity index (χ3n) is 16.9. The van der Waals surface area contributed by atoms with E-state index in [4.69, 9.17) is 61.6 Å². The Balaban J connectivity index is 1.08. The summed E-state index contributed by atoms with van der Waals surface area (Å²) in [5.41, 5.74) is 1.22. The van der Waals surface area contributed by atoms with Gasteiger partial charge in [-0.2, -0.15) is 0 Å². The lowest BCUT2D eigenvalue weighted by Crippen LogP contribution is -2.63. The van der Waals surface area contributed by atoms with E-state index in [1.165, 1.54) is 6.92 Å². The number of rotatable bonds is 30. The van der Waals surface area contributed by atoms with Crippen LogP contribution in [0.2, 0.25) is 0 Å². The molecule has 3 fully saturated rings. The highest BCUT2D eigenvalue weighted by Gasteiger charge is 2.56. The summed E-state index contributed by atoms with van der Waals surface area (Å²) in [6, 6.07) is 49.4. The van der Waals surface area contributed by atoms with Gasteiger partial charge in [0.15, 0.2) is 37.2 Å². The number of esters is 7. The Morgan fingerprint density at radius 1 is 0.358 bits per heavy atom. The van der Waals surface area contributed by atoms with Gasteiger partial charge in [0.2, 0.25) is 0 Å². The molecule has 0 aliphatic carbocycles. The minimum absolute atomic E-state index is 0.129. The van der Waals surface area contributed by atoms with E-state index < -0.39 is 147 Å². The minimum Gasteiger partial charge on any atom is -0.459 e. The van der Waals surface area contributed by atoms with Gasteiger partial charge in [0, 0.05) is 31.3 Å². The average molecular weight is 1300 g/mol. The second-order valence-electron chi connectivity index (χ2n) is 23.7. The molecule has 3 saturated heterocycles. The quantitative estimate of drug-likeness (QED) is 0.0176. The van der Waals surface area contributed by atoms with Crippen LogP contribution in [0.5, 0.6) is 0 Å². The van der Waals surface area contributed by atoms with Gasteiger partial charge in [-0.05, 0) is 92.1 Å². The first-order chi connectivity index (χ1) is 46.2. The highest BCUT2D eigenvalue weighted by Crippen LogP contribution is 2.40. The fourth-order valence-corrected chi connectivity index (χ4v) is 11.5. The molecule has 0 aromatic heterocycles. The lowest BCUT2D eigenvalue weighted by molar-refractivity contribution is -0.354. The summed E-state index contributed by atoms with van der Waals surface area (Å²) >= 11 is 0. The van der Waals surface area contributed by atoms with Crippen LogP contribution in [0.25, 0.3) is 0 Å². The van der Waals surface area contributed by atoms with Crippen molar-refractivity contribution in [3.8, 4) is 0 Å². The number of carbonyl (C=O) groups is 7. The molecule has 0 amide bonds. The number of carbonyl (C=O) groups excluding carboxylic acids is 7. The van der Waals surface area contributed by atoms with Crippen molar-refractivity contribution in [3.63, 3.8) is 0 Å². The molecule has 20 heteroatoms. The van der Waals surface area contributed by atoms with E-state index in [1.807, 2.05) is 6.08 Å². The summed E-state index contributed by atoms with van der Waals surface area (Å²) in [6.07, 6.45) is -8.20. The maximum Gasteiger partial charge on any atom is 0.338 e. The van der Waals surface area contributed by atoms with Crippen LogP contribution < -0.4 is 0 Å². The van der Waals surface area contributed by atoms with Crippen LogP contribution in [-0.4, -0.2) is 142 Å². The van der Waals surface area contributed by atoms with E-state index >= 15 is 0 Å². The Kier molecular flexibility index (Phi) is 26.4. The van der Waals surface area contributed by atoms with Crippen LogP contribution in [-0.2, 0) is 66.4 Å². The van der Waals surface area contributed by atoms with E-state index in [0.717, 1.165) is 38.5 Å². The lowest BCUT2D eigenvalue weighted by Gasteiger charge is -2.49. The Bertz CT molecular complexity index is 3410. The number of hydrogen-bond acceptors (Lipinski definition) is 20. The number of ether oxygens (including phenoxy) is 13. The molecular weight excluding hydrogens is 1220 g/mol. The monoisotopic (exact) mass is 1300 g/mol. The largest absolute Gasteiger partial charge is 0.459 e. The lowest BCUT2D eigenvalue weighted by atomic mass is 9.88. The fraction of sp³-hybridized carbons (Fsp3) is 0.400. The Morgan fingerprint density at radius 3 is 1.05 bits per heavy atom. The van der Waals surface area contributed by atoms with Gasteiger partial charge in [0.25, 0.3) is 0 Å². The zero-order chi connectivity index (χ0) is 67.1. The maximum atomic E-state index is 14.4. The molecular formula is C75H82O20. The topological polar surface area (TPSA) is 239 Å². The fourth-order valence-electron chi connectivity index (χ4n) is 11.5. The standard InChI is InChI=1S/C75H82O20/c1-6-7-8-9-10-11-12-31-44-83-73-64(87-51(5)76)63(95-75-66(94-72(82)57-42-29-18-30-43-57)62(92-70(80)55-38-25-16-26-39-55)49(3)59(90-75)46-85-68(78)53-34-21-14-22-35-53)50(4)60(88-73)47-86-74-65(93-71(81)56-40-27-17-28-41-56)61(91-69(79)54-36-23-15-24-37-54)48(2)58(89-74)45-84-67(77)52-32-19-13-20-33-52/h6,13-30,32-43,48-50,58-66,73-75H,1,7-12,31,44-47H2,2-5H3. The molecule has 3 aliphatic rings. The maximum absolute atomic E-state index is 14.4. The number of hydrogen-bond donors (Lipinski definition) is 0. The van der Waals surface area contributed by atoms with Gasteiger partial charge in [0.1, 0.15) is 43.7 Å². The van der Waals surface area contributed by atoms with Crippen LogP contribution in [0.15, 0.2) is 195 Å². The minimum atomic E-state index is -1.69. The van der Waals surface area contributed by atoms with Gasteiger partial charge in [-0.25, -0.2) is 28.8 Å². The van der Waals surface area contributed by atoms with E-state index in [2.05, 4.69) is 6.58 Å². The molecule has 6 aromatic rings.